The van der Waals surface area contributed by atoms with Crippen LogP contribution in [0.1, 0.15) is 31.0 Å². The number of hydrogen-bond donors (Lipinski definition) is 2. The molecule has 2 rings (SSSR count). The monoisotopic (exact) mass is 238 g/mol. The average Bonchev–Trinajstić information content (AvgIpc) is 2.55. The molecular formula is C12H15ClN2O. The zero-order valence-electron chi connectivity index (χ0n) is 9.38. The Balaban J connectivity index is 2.50. The van der Waals surface area contributed by atoms with E-state index in [9.17, 15) is 4.79 Å². The minimum absolute atomic E-state index is 0.00877. The molecule has 4 heteroatoms. The van der Waals surface area contributed by atoms with E-state index in [4.69, 9.17) is 17.3 Å². The Morgan fingerprint density at radius 1 is 1.44 bits per heavy atom. The summed E-state index contributed by atoms with van der Waals surface area (Å²) in [5, 5.41) is 3.49. The maximum Gasteiger partial charge on any atom is 0.228 e. The molecule has 0 bridgehead atoms. The zero-order chi connectivity index (χ0) is 11.9. The highest BCUT2D eigenvalue weighted by Gasteiger charge is 2.25. The van der Waals surface area contributed by atoms with E-state index >= 15 is 0 Å². The molecule has 16 heavy (non-hydrogen) atoms. The minimum Gasteiger partial charge on any atom is -0.325 e. The van der Waals surface area contributed by atoms with Crippen LogP contribution in [0, 0.1) is 5.92 Å². The third kappa shape index (κ3) is 1.93. The lowest BCUT2D eigenvalue weighted by molar-refractivity contribution is -0.115. The maximum atomic E-state index is 11.4. The number of halogens is 1. The van der Waals surface area contributed by atoms with Crippen molar-refractivity contribution in [2.75, 3.05) is 5.32 Å². The number of benzene rings is 1. The van der Waals surface area contributed by atoms with Gasteiger partial charge in [0.25, 0.3) is 0 Å². The van der Waals surface area contributed by atoms with Gasteiger partial charge < -0.3 is 11.1 Å². The summed E-state index contributed by atoms with van der Waals surface area (Å²) < 4.78 is 0. The van der Waals surface area contributed by atoms with Gasteiger partial charge in [0.2, 0.25) is 5.91 Å². The second kappa shape index (κ2) is 4.07. The van der Waals surface area contributed by atoms with Crippen molar-refractivity contribution in [2.45, 2.75) is 26.3 Å². The lowest BCUT2D eigenvalue weighted by Gasteiger charge is -2.19. The molecule has 1 heterocycles. The zero-order valence-corrected chi connectivity index (χ0v) is 10.1. The predicted octanol–water partition coefficient (Wildman–Crippen LogP) is 2.49. The Labute approximate surface area is 100.0 Å². The third-order valence-electron chi connectivity index (χ3n) is 2.91. The summed E-state index contributed by atoms with van der Waals surface area (Å²) in [6.07, 6.45) is 0.397. The van der Waals surface area contributed by atoms with Crippen LogP contribution in [0.25, 0.3) is 0 Å². The molecular weight excluding hydrogens is 224 g/mol. The molecule has 0 saturated heterocycles. The van der Waals surface area contributed by atoms with E-state index in [2.05, 4.69) is 19.2 Å². The molecule has 0 saturated carbocycles. The van der Waals surface area contributed by atoms with Gasteiger partial charge in [0, 0.05) is 16.8 Å². The summed E-state index contributed by atoms with van der Waals surface area (Å²) in [5.74, 6) is 0.314. The van der Waals surface area contributed by atoms with Gasteiger partial charge in [-0.15, -0.1) is 0 Å². The number of amides is 1. The van der Waals surface area contributed by atoms with Crippen LogP contribution in [-0.2, 0) is 11.2 Å². The summed E-state index contributed by atoms with van der Waals surface area (Å²) >= 11 is 6.03. The molecule has 0 radical (unpaired) electrons. The van der Waals surface area contributed by atoms with Gasteiger partial charge >= 0.3 is 0 Å². The fraction of sp³-hybridized carbons (Fsp3) is 0.417. The number of rotatable bonds is 2. The van der Waals surface area contributed by atoms with Crippen LogP contribution in [0.5, 0.6) is 0 Å². The van der Waals surface area contributed by atoms with Crippen LogP contribution in [0.15, 0.2) is 12.1 Å². The number of carbonyl (C=O) groups is 1. The first-order chi connectivity index (χ1) is 7.49. The van der Waals surface area contributed by atoms with Crippen molar-refractivity contribution in [2.24, 2.45) is 11.7 Å². The number of hydrogen-bond acceptors (Lipinski definition) is 2. The van der Waals surface area contributed by atoms with Gasteiger partial charge in [-0.2, -0.15) is 0 Å². The molecule has 0 aromatic heterocycles. The molecule has 1 aliphatic rings. The van der Waals surface area contributed by atoms with E-state index in [1.54, 1.807) is 0 Å². The highest BCUT2D eigenvalue weighted by molar-refractivity contribution is 6.31. The largest absolute Gasteiger partial charge is 0.325 e. The van der Waals surface area contributed by atoms with Crippen LogP contribution in [-0.4, -0.2) is 5.91 Å². The van der Waals surface area contributed by atoms with Gasteiger partial charge in [-0.05, 0) is 29.2 Å². The Kier molecular flexibility index (Phi) is 2.91. The fourth-order valence-electron chi connectivity index (χ4n) is 1.96. The normalized spacial score (nSPS) is 16.2. The number of nitrogens with one attached hydrogen (secondary N) is 1. The third-order valence-corrected chi connectivity index (χ3v) is 3.13. The van der Waals surface area contributed by atoms with E-state index in [1.165, 1.54) is 0 Å². The van der Waals surface area contributed by atoms with Crippen LogP contribution >= 0.6 is 11.6 Å². The molecule has 1 aromatic carbocycles. The molecule has 3 N–H and O–H groups in total. The first-order valence-electron chi connectivity index (χ1n) is 5.36. The van der Waals surface area contributed by atoms with Crippen LogP contribution in [0.4, 0.5) is 5.69 Å². The summed E-state index contributed by atoms with van der Waals surface area (Å²) in [6, 6.07) is 3.56. The topological polar surface area (TPSA) is 55.1 Å². The van der Waals surface area contributed by atoms with Crippen LogP contribution in [0.2, 0.25) is 5.02 Å². The quantitative estimate of drug-likeness (QED) is 0.832. The molecule has 0 aliphatic carbocycles. The van der Waals surface area contributed by atoms with E-state index in [1.807, 2.05) is 12.1 Å². The first kappa shape index (κ1) is 11.4. The number of anilines is 1. The smallest absolute Gasteiger partial charge is 0.228 e. The Morgan fingerprint density at radius 2 is 2.12 bits per heavy atom. The molecule has 1 unspecified atom stereocenters. The van der Waals surface area contributed by atoms with Crippen molar-refractivity contribution in [3.8, 4) is 0 Å². The van der Waals surface area contributed by atoms with Gasteiger partial charge in [-0.1, -0.05) is 25.4 Å². The van der Waals surface area contributed by atoms with Gasteiger partial charge in [0.05, 0.1) is 6.42 Å². The molecule has 1 aromatic rings. The molecule has 3 nitrogen and oxygen atoms in total. The molecule has 0 spiro atoms. The molecule has 86 valence electrons. The molecule has 1 amide bonds. The lowest BCUT2D eigenvalue weighted by Crippen LogP contribution is -2.18. The fourth-order valence-corrected chi connectivity index (χ4v) is 2.21. The second-order valence-corrected chi connectivity index (χ2v) is 4.96. The molecule has 0 fully saturated rings. The van der Waals surface area contributed by atoms with Crippen molar-refractivity contribution in [3.05, 3.63) is 28.3 Å². The first-order valence-corrected chi connectivity index (χ1v) is 5.74. The van der Waals surface area contributed by atoms with Gasteiger partial charge in [0.1, 0.15) is 0 Å². The maximum absolute atomic E-state index is 11.4. The van der Waals surface area contributed by atoms with E-state index in [0.29, 0.717) is 17.4 Å². The van der Waals surface area contributed by atoms with E-state index in [0.717, 1.165) is 16.8 Å². The lowest BCUT2D eigenvalue weighted by atomic mass is 9.94. The predicted molar refractivity (Wildman–Crippen MR) is 65.6 cm³/mol. The van der Waals surface area contributed by atoms with Crippen LogP contribution in [0.3, 0.4) is 0 Å². The van der Waals surface area contributed by atoms with Gasteiger partial charge in [-0.25, -0.2) is 0 Å². The number of nitrogens with two attached hydrogens (primary N) is 1. The average molecular weight is 239 g/mol. The SMILES string of the molecule is CC(C)C(N)c1cc(Cl)cc2c1NC(=O)C2. The Morgan fingerprint density at radius 3 is 2.75 bits per heavy atom. The van der Waals surface area contributed by atoms with E-state index < -0.39 is 0 Å². The van der Waals surface area contributed by atoms with E-state index in [-0.39, 0.29) is 11.9 Å². The van der Waals surface area contributed by atoms with Crippen molar-refractivity contribution < 1.29 is 4.79 Å². The molecule has 1 atom stereocenters. The summed E-state index contributed by atoms with van der Waals surface area (Å²) in [6.45, 7) is 4.10. The minimum atomic E-state index is -0.106. The van der Waals surface area contributed by atoms with Gasteiger partial charge in [-0.3, -0.25) is 4.79 Å². The summed E-state index contributed by atoms with van der Waals surface area (Å²) in [4.78, 5) is 11.4. The van der Waals surface area contributed by atoms with Crippen molar-refractivity contribution in [3.63, 3.8) is 0 Å². The van der Waals surface area contributed by atoms with Crippen molar-refractivity contribution >= 4 is 23.2 Å². The van der Waals surface area contributed by atoms with Crippen molar-refractivity contribution in [1.82, 2.24) is 0 Å². The summed E-state index contributed by atoms with van der Waals surface area (Å²) in [7, 11) is 0. The number of fused-ring (bicyclic) bond motifs is 1. The Bertz CT molecular complexity index is 443. The highest BCUT2D eigenvalue weighted by atomic mass is 35.5. The standard InChI is InChI=1S/C12H15ClN2O/c1-6(2)11(14)9-5-8(13)3-7-4-10(16)15-12(7)9/h3,5-6,11H,4,14H2,1-2H3,(H,15,16). The second-order valence-electron chi connectivity index (χ2n) is 4.52. The molecule has 1 aliphatic heterocycles. The summed E-state index contributed by atoms with van der Waals surface area (Å²) in [5.41, 5.74) is 8.85. The Hall–Kier alpha value is -1.06. The van der Waals surface area contributed by atoms with Gasteiger partial charge in [0.15, 0.2) is 0 Å². The number of carbonyl (C=O) groups excluding carboxylic acids is 1. The van der Waals surface area contributed by atoms with Crippen LogP contribution < -0.4 is 11.1 Å². The highest BCUT2D eigenvalue weighted by Crippen LogP contribution is 2.35. The van der Waals surface area contributed by atoms with Crippen molar-refractivity contribution in [1.29, 1.82) is 0 Å².